The number of ether oxygens (including phenoxy) is 1. The van der Waals surface area contributed by atoms with E-state index in [1.165, 1.54) is 0 Å². The van der Waals surface area contributed by atoms with Crippen LogP contribution in [0.25, 0.3) is 0 Å². The van der Waals surface area contributed by atoms with Crippen molar-refractivity contribution >= 4 is 0 Å². The van der Waals surface area contributed by atoms with Gasteiger partial charge < -0.3 is 4.74 Å². The highest BCUT2D eigenvalue weighted by molar-refractivity contribution is 5.14. The molecule has 1 aliphatic heterocycles. The minimum absolute atomic E-state index is 0.205. The Morgan fingerprint density at radius 2 is 2.36 bits per heavy atom. The molecule has 2 nitrogen and oxygen atoms in total. The molecule has 1 saturated heterocycles. The largest absolute Gasteiger partial charge is 0.376 e. The summed E-state index contributed by atoms with van der Waals surface area (Å²) in [4.78, 5) is 1.92. The molecule has 2 rings (SSSR count). The van der Waals surface area contributed by atoms with Gasteiger partial charge in [-0.25, -0.2) is 0 Å². The van der Waals surface area contributed by atoms with Crippen LogP contribution in [0.5, 0.6) is 0 Å². The lowest BCUT2D eigenvalue weighted by Gasteiger charge is -2.31. The van der Waals surface area contributed by atoms with Gasteiger partial charge in [0.25, 0.3) is 0 Å². The fourth-order valence-electron chi connectivity index (χ4n) is 1.60. The molecule has 2 heteroatoms. The summed E-state index contributed by atoms with van der Waals surface area (Å²) in [5.74, 6) is 0. The average Bonchev–Trinajstić information content (AvgIpc) is 2.13. The lowest BCUT2D eigenvalue weighted by Crippen LogP contribution is -2.40. The lowest BCUT2D eigenvalue weighted by atomic mass is 10.2. The summed E-state index contributed by atoms with van der Waals surface area (Å²) in [5, 5.41) is 0. The first kappa shape index (κ1) is 6.59. The Labute approximate surface area is 89.7 Å². The second-order valence-electron chi connectivity index (χ2n) is 3.58. The fraction of sp³-hybridized carbons (Fsp3) is 0.500. The van der Waals surface area contributed by atoms with Crippen molar-refractivity contribution in [3.63, 3.8) is 0 Å². The van der Waals surface area contributed by atoms with Crippen molar-refractivity contribution in [2.45, 2.75) is 19.5 Å². The van der Waals surface area contributed by atoms with Crippen molar-refractivity contribution in [2.75, 3.05) is 19.6 Å². The molecule has 0 bridgehead atoms. The zero-order valence-corrected chi connectivity index (χ0v) is 8.36. The number of hydrogen-bond donors (Lipinski definition) is 0. The summed E-state index contributed by atoms with van der Waals surface area (Å²) in [6, 6.07) is 9.89. The van der Waals surface area contributed by atoms with E-state index in [9.17, 15) is 0 Å². The Morgan fingerprint density at radius 3 is 3.07 bits per heavy atom. The minimum atomic E-state index is -1.75. The van der Waals surface area contributed by atoms with E-state index in [4.69, 9.17) is 8.85 Å². The van der Waals surface area contributed by atoms with Crippen molar-refractivity contribution in [1.29, 1.82) is 0 Å². The van der Waals surface area contributed by atoms with E-state index in [0.717, 1.165) is 5.56 Å². The van der Waals surface area contributed by atoms with Crippen molar-refractivity contribution in [1.82, 2.24) is 4.90 Å². The third kappa shape index (κ3) is 2.56. The quantitative estimate of drug-likeness (QED) is 0.713. The van der Waals surface area contributed by atoms with E-state index < -0.39 is 12.6 Å². The van der Waals surface area contributed by atoms with E-state index in [-0.39, 0.29) is 6.54 Å². The predicted octanol–water partition coefficient (Wildman–Crippen LogP) is 1.91. The van der Waals surface area contributed by atoms with Gasteiger partial charge in [0.15, 0.2) is 0 Å². The van der Waals surface area contributed by atoms with Crippen molar-refractivity contribution in [2.24, 2.45) is 0 Å². The molecule has 0 radical (unpaired) electrons. The molecule has 0 aromatic heterocycles. The topological polar surface area (TPSA) is 12.5 Å². The van der Waals surface area contributed by atoms with Crippen LogP contribution in [0.15, 0.2) is 30.3 Å². The zero-order chi connectivity index (χ0) is 12.5. The molecule has 0 spiro atoms. The molecule has 14 heavy (non-hydrogen) atoms. The highest BCUT2D eigenvalue weighted by Gasteiger charge is 2.16. The zero-order valence-electron chi connectivity index (χ0n) is 11.4. The Balaban J connectivity index is 2.06. The number of nitrogens with zero attached hydrogens (tertiary/aromatic N) is 1. The second-order valence-corrected chi connectivity index (χ2v) is 3.58. The van der Waals surface area contributed by atoms with Crippen LogP contribution in [0, 0.1) is 0 Å². The van der Waals surface area contributed by atoms with Gasteiger partial charge in [-0.1, -0.05) is 30.3 Å². The van der Waals surface area contributed by atoms with Crippen LogP contribution in [0.1, 0.15) is 16.6 Å². The SMILES string of the molecule is [2H]C1([2H])CN(Cc2ccccc2)CC([2H])(C)O1. The molecular formula is C12H17NO. The summed E-state index contributed by atoms with van der Waals surface area (Å²) in [6.45, 7) is 1.13. The molecule has 1 unspecified atom stereocenters. The smallest absolute Gasteiger partial charge is 0.0674 e. The first-order chi connectivity index (χ1) is 7.86. The number of benzene rings is 1. The lowest BCUT2D eigenvalue weighted by molar-refractivity contribution is -0.0212. The van der Waals surface area contributed by atoms with Gasteiger partial charge in [0.2, 0.25) is 0 Å². The maximum atomic E-state index is 7.87. The molecule has 0 N–H and O–H groups in total. The van der Waals surface area contributed by atoms with Crippen molar-refractivity contribution in [3.8, 4) is 0 Å². The summed E-state index contributed by atoms with van der Waals surface area (Å²) >= 11 is 0. The molecule has 1 fully saturated rings. The highest BCUT2D eigenvalue weighted by atomic mass is 16.5. The van der Waals surface area contributed by atoms with Gasteiger partial charge in [-0.05, 0) is 12.5 Å². The van der Waals surface area contributed by atoms with Crippen LogP contribution in [-0.2, 0) is 11.3 Å². The molecule has 1 aromatic carbocycles. The molecule has 1 heterocycles. The Hall–Kier alpha value is -0.860. The van der Waals surface area contributed by atoms with Gasteiger partial charge in [0.1, 0.15) is 0 Å². The van der Waals surface area contributed by atoms with Gasteiger partial charge in [-0.3, -0.25) is 4.90 Å². The van der Waals surface area contributed by atoms with Crippen LogP contribution in [0.3, 0.4) is 0 Å². The van der Waals surface area contributed by atoms with E-state index in [1.54, 1.807) is 6.92 Å². The van der Waals surface area contributed by atoms with Gasteiger partial charge in [-0.2, -0.15) is 0 Å². The standard InChI is InChI=1S/C12H17NO/c1-11-9-13(7-8-14-11)10-12-5-3-2-4-6-12/h2-6,11H,7-10H2,1H3/i8D2,11D. The molecular weight excluding hydrogens is 174 g/mol. The fourth-order valence-corrected chi connectivity index (χ4v) is 1.60. The number of hydrogen-bond acceptors (Lipinski definition) is 2. The first-order valence-electron chi connectivity index (χ1n) is 6.33. The number of morpholine rings is 1. The third-order valence-electron chi connectivity index (χ3n) is 2.23. The first-order valence-corrected chi connectivity index (χ1v) is 4.83. The molecule has 0 saturated carbocycles. The van der Waals surface area contributed by atoms with E-state index in [2.05, 4.69) is 0 Å². The van der Waals surface area contributed by atoms with Crippen molar-refractivity contribution < 1.29 is 8.85 Å². The Bertz CT molecular complexity index is 365. The highest BCUT2D eigenvalue weighted by Crippen LogP contribution is 2.09. The normalized spacial score (nSPS) is 35.6. The molecule has 1 aliphatic rings. The Kier molecular flexibility index (Phi) is 2.16. The summed E-state index contributed by atoms with van der Waals surface area (Å²) in [6.07, 6.45) is -1.18. The summed E-state index contributed by atoms with van der Waals surface area (Å²) in [5.41, 5.74) is 1.13. The van der Waals surface area contributed by atoms with E-state index >= 15 is 0 Å². The molecule has 1 aromatic rings. The monoisotopic (exact) mass is 194 g/mol. The summed E-state index contributed by atoms with van der Waals surface area (Å²) in [7, 11) is 0. The van der Waals surface area contributed by atoms with E-state index in [1.807, 2.05) is 35.2 Å². The van der Waals surface area contributed by atoms with Crippen molar-refractivity contribution in [3.05, 3.63) is 35.9 Å². The summed E-state index contributed by atoms with van der Waals surface area (Å²) < 4.78 is 28.3. The van der Waals surface area contributed by atoms with Gasteiger partial charge in [0.05, 0.1) is 16.8 Å². The maximum Gasteiger partial charge on any atom is 0.0674 e. The molecule has 0 amide bonds. The van der Waals surface area contributed by atoms with Crippen LogP contribution in [0.2, 0.25) is 0 Å². The van der Waals surface area contributed by atoms with Crippen LogP contribution >= 0.6 is 0 Å². The molecule has 76 valence electrons. The Morgan fingerprint density at radius 1 is 1.57 bits per heavy atom. The van der Waals surface area contributed by atoms with Crippen LogP contribution < -0.4 is 0 Å². The predicted molar refractivity (Wildman–Crippen MR) is 57.1 cm³/mol. The molecule has 0 aliphatic carbocycles. The van der Waals surface area contributed by atoms with E-state index in [0.29, 0.717) is 13.1 Å². The molecule has 1 atom stereocenters. The van der Waals surface area contributed by atoms with Gasteiger partial charge >= 0.3 is 0 Å². The maximum absolute atomic E-state index is 7.87. The van der Waals surface area contributed by atoms with Crippen LogP contribution in [0.4, 0.5) is 0 Å². The second kappa shape index (κ2) is 4.58. The average molecular weight is 194 g/mol. The van der Waals surface area contributed by atoms with Gasteiger partial charge in [-0.15, -0.1) is 0 Å². The number of rotatable bonds is 2. The van der Waals surface area contributed by atoms with Gasteiger partial charge in [0, 0.05) is 19.6 Å². The third-order valence-corrected chi connectivity index (χ3v) is 2.23. The minimum Gasteiger partial charge on any atom is -0.376 e. The van der Waals surface area contributed by atoms with Crippen LogP contribution in [-0.4, -0.2) is 30.6 Å².